The number of fused-ring (bicyclic) bond motifs is 1. The molecule has 88 valence electrons. The first-order valence-corrected chi connectivity index (χ1v) is 6.36. The highest BCUT2D eigenvalue weighted by Crippen LogP contribution is 2.37. The van der Waals surface area contributed by atoms with Crippen molar-refractivity contribution in [3.63, 3.8) is 0 Å². The lowest BCUT2D eigenvalue weighted by Crippen LogP contribution is -2.20. The van der Waals surface area contributed by atoms with Crippen molar-refractivity contribution in [2.75, 3.05) is 13.2 Å². The van der Waals surface area contributed by atoms with Gasteiger partial charge in [0.15, 0.2) is 0 Å². The van der Waals surface area contributed by atoms with E-state index in [-0.39, 0.29) is 11.9 Å². The van der Waals surface area contributed by atoms with Gasteiger partial charge in [-0.15, -0.1) is 0 Å². The second-order valence-corrected chi connectivity index (χ2v) is 4.76. The SMILES string of the molecule is CCNC1CCCOc2c(Br)cc(F)cc21. The molecule has 1 heterocycles. The molecule has 0 amide bonds. The highest BCUT2D eigenvalue weighted by atomic mass is 79.9. The molecule has 1 aromatic rings. The fraction of sp³-hybridized carbons (Fsp3) is 0.500. The minimum absolute atomic E-state index is 0.189. The van der Waals surface area contributed by atoms with Crippen LogP contribution >= 0.6 is 15.9 Å². The van der Waals surface area contributed by atoms with Crippen LogP contribution in [0.25, 0.3) is 0 Å². The molecule has 1 atom stereocenters. The summed E-state index contributed by atoms with van der Waals surface area (Å²) >= 11 is 3.35. The Hall–Kier alpha value is -0.610. The lowest BCUT2D eigenvalue weighted by atomic mass is 10.0. The maximum Gasteiger partial charge on any atom is 0.138 e. The third kappa shape index (κ3) is 2.38. The molecule has 0 spiro atoms. The highest BCUT2D eigenvalue weighted by molar-refractivity contribution is 9.10. The number of nitrogens with one attached hydrogen (secondary N) is 1. The van der Waals surface area contributed by atoms with Crippen molar-refractivity contribution in [1.82, 2.24) is 5.32 Å². The summed E-state index contributed by atoms with van der Waals surface area (Å²) in [7, 11) is 0. The summed E-state index contributed by atoms with van der Waals surface area (Å²) in [5, 5.41) is 3.37. The van der Waals surface area contributed by atoms with Gasteiger partial charge in [-0.05, 0) is 47.4 Å². The molecule has 0 aromatic heterocycles. The van der Waals surface area contributed by atoms with Crippen LogP contribution in [0.2, 0.25) is 0 Å². The van der Waals surface area contributed by atoms with Crippen LogP contribution in [0.1, 0.15) is 31.4 Å². The molecule has 2 rings (SSSR count). The number of hydrogen-bond acceptors (Lipinski definition) is 2. The molecule has 0 aliphatic carbocycles. The molecule has 1 N–H and O–H groups in total. The van der Waals surface area contributed by atoms with Crippen LogP contribution in [-0.2, 0) is 0 Å². The molecule has 0 bridgehead atoms. The molecular weight excluding hydrogens is 273 g/mol. The molecule has 1 aliphatic rings. The van der Waals surface area contributed by atoms with Gasteiger partial charge in [-0.25, -0.2) is 4.39 Å². The van der Waals surface area contributed by atoms with Crippen molar-refractivity contribution < 1.29 is 9.13 Å². The smallest absolute Gasteiger partial charge is 0.138 e. The summed E-state index contributed by atoms with van der Waals surface area (Å²) in [5.74, 6) is 0.559. The van der Waals surface area contributed by atoms with Gasteiger partial charge in [0.05, 0.1) is 11.1 Å². The minimum Gasteiger partial charge on any atom is -0.492 e. The highest BCUT2D eigenvalue weighted by Gasteiger charge is 2.21. The second kappa shape index (κ2) is 5.15. The average Bonchev–Trinajstić information content (AvgIpc) is 2.42. The monoisotopic (exact) mass is 287 g/mol. The van der Waals surface area contributed by atoms with E-state index in [2.05, 4.69) is 28.2 Å². The first-order chi connectivity index (χ1) is 7.72. The van der Waals surface area contributed by atoms with Gasteiger partial charge in [0.1, 0.15) is 11.6 Å². The zero-order valence-electron chi connectivity index (χ0n) is 9.22. The zero-order valence-corrected chi connectivity index (χ0v) is 10.8. The molecule has 0 radical (unpaired) electrons. The zero-order chi connectivity index (χ0) is 11.5. The van der Waals surface area contributed by atoms with Crippen LogP contribution in [0, 0.1) is 5.82 Å². The molecule has 0 saturated heterocycles. The van der Waals surface area contributed by atoms with Gasteiger partial charge in [-0.2, -0.15) is 0 Å². The first kappa shape index (κ1) is 11.9. The van der Waals surface area contributed by atoms with Gasteiger partial charge in [0.25, 0.3) is 0 Å². The quantitative estimate of drug-likeness (QED) is 0.900. The van der Waals surface area contributed by atoms with E-state index in [4.69, 9.17) is 4.74 Å². The molecular formula is C12H15BrFNO. The van der Waals surface area contributed by atoms with Crippen LogP contribution in [0.4, 0.5) is 4.39 Å². The topological polar surface area (TPSA) is 21.3 Å². The molecule has 1 unspecified atom stereocenters. The Bertz CT molecular complexity index is 384. The van der Waals surface area contributed by atoms with Gasteiger partial charge >= 0.3 is 0 Å². The lowest BCUT2D eigenvalue weighted by molar-refractivity contribution is 0.313. The number of halogens is 2. The summed E-state index contributed by atoms with van der Waals surface area (Å²) in [4.78, 5) is 0. The molecule has 16 heavy (non-hydrogen) atoms. The largest absolute Gasteiger partial charge is 0.492 e. The van der Waals surface area contributed by atoms with E-state index >= 15 is 0 Å². The van der Waals surface area contributed by atoms with Crippen LogP contribution < -0.4 is 10.1 Å². The van der Waals surface area contributed by atoms with Gasteiger partial charge in [-0.1, -0.05) is 6.92 Å². The summed E-state index contributed by atoms with van der Waals surface area (Å²) < 4.78 is 19.7. The van der Waals surface area contributed by atoms with Crippen LogP contribution in [0.3, 0.4) is 0 Å². The molecule has 0 saturated carbocycles. The summed E-state index contributed by atoms with van der Waals surface area (Å²) in [6.07, 6.45) is 1.97. The van der Waals surface area contributed by atoms with E-state index in [9.17, 15) is 4.39 Å². The average molecular weight is 288 g/mol. The Morgan fingerprint density at radius 1 is 1.56 bits per heavy atom. The Labute approximate surface area is 103 Å². The van der Waals surface area contributed by atoms with Gasteiger partial charge < -0.3 is 10.1 Å². The normalized spacial score (nSPS) is 19.8. The third-order valence-electron chi connectivity index (χ3n) is 2.75. The van der Waals surface area contributed by atoms with E-state index in [1.807, 2.05) is 0 Å². The van der Waals surface area contributed by atoms with Gasteiger partial charge in [0.2, 0.25) is 0 Å². The van der Waals surface area contributed by atoms with E-state index in [1.165, 1.54) is 6.07 Å². The summed E-state index contributed by atoms with van der Waals surface area (Å²) in [6.45, 7) is 3.62. The number of ether oxygens (including phenoxy) is 1. The minimum atomic E-state index is -0.223. The van der Waals surface area contributed by atoms with Crippen molar-refractivity contribution in [3.05, 3.63) is 28.0 Å². The maximum absolute atomic E-state index is 13.4. The van der Waals surface area contributed by atoms with E-state index in [0.29, 0.717) is 11.1 Å². The van der Waals surface area contributed by atoms with Crippen molar-refractivity contribution in [2.24, 2.45) is 0 Å². The number of benzene rings is 1. The van der Waals surface area contributed by atoms with Crippen molar-refractivity contribution in [3.8, 4) is 5.75 Å². The molecule has 4 heteroatoms. The Morgan fingerprint density at radius 2 is 2.38 bits per heavy atom. The van der Waals surface area contributed by atoms with E-state index < -0.39 is 0 Å². The fourth-order valence-corrected chi connectivity index (χ4v) is 2.63. The van der Waals surface area contributed by atoms with Crippen molar-refractivity contribution in [2.45, 2.75) is 25.8 Å². The molecule has 1 aromatic carbocycles. The lowest BCUT2D eigenvalue weighted by Gasteiger charge is -2.18. The van der Waals surface area contributed by atoms with Gasteiger partial charge in [0, 0.05) is 11.6 Å². The number of rotatable bonds is 2. The number of hydrogen-bond donors (Lipinski definition) is 1. The van der Waals surface area contributed by atoms with Gasteiger partial charge in [-0.3, -0.25) is 0 Å². The fourth-order valence-electron chi connectivity index (χ4n) is 2.07. The van der Waals surface area contributed by atoms with E-state index in [0.717, 1.165) is 30.7 Å². The molecule has 1 aliphatic heterocycles. The van der Waals surface area contributed by atoms with Crippen LogP contribution in [-0.4, -0.2) is 13.2 Å². The first-order valence-electron chi connectivity index (χ1n) is 5.57. The van der Waals surface area contributed by atoms with Crippen molar-refractivity contribution >= 4 is 15.9 Å². The Morgan fingerprint density at radius 3 is 3.12 bits per heavy atom. The second-order valence-electron chi connectivity index (χ2n) is 3.91. The maximum atomic E-state index is 13.4. The molecule has 0 fully saturated rings. The Kier molecular flexibility index (Phi) is 3.82. The predicted octanol–water partition coefficient (Wildman–Crippen LogP) is 3.41. The van der Waals surface area contributed by atoms with Crippen molar-refractivity contribution in [1.29, 1.82) is 0 Å². The summed E-state index contributed by atoms with van der Waals surface area (Å²) in [5.41, 5.74) is 0.922. The van der Waals surface area contributed by atoms with Crippen LogP contribution in [0.15, 0.2) is 16.6 Å². The standard InChI is InChI=1S/C12H15BrFNO/c1-2-15-11-4-3-5-16-12-9(11)6-8(14)7-10(12)13/h6-7,11,15H,2-5H2,1H3. The third-order valence-corrected chi connectivity index (χ3v) is 3.34. The molecule has 2 nitrogen and oxygen atoms in total. The predicted molar refractivity (Wildman–Crippen MR) is 65.2 cm³/mol. The van der Waals surface area contributed by atoms with E-state index in [1.54, 1.807) is 6.07 Å². The Balaban J connectivity index is 2.43. The van der Waals surface area contributed by atoms with Crippen LogP contribution in [0.5, 0.6) is 5.75 Å². The summed E-state index contributed by atoms with van der Waals surface area (Å²) in [6, 6.07) is 3.21.